The first-order valence-corrected chi connectivity index (χ1v) is 3.06. The van der Waals surface area contributed by atoms with Crippen LogP contribution in [-0.2, 0) is 9.59 Å². The monoisotopic (exact) mass is 310 g/mol. The van der Waals surface area contributed by atoms with Gasteiger partial charge in [-0.25, -0.2) is 0 Å². The number of hydrogen-bond donors (Lipinski definition) is 2. The van der Waals surface area contributed by atoms with Crippen molar-refractivity contribution < 1.29 is 19.8 Å². The van der Waals surface area contributed by atoms with E-state index in [0.717, 1.165) is 0 Å². The first-order valence-electron chi connectivity index (χ1n) is 3.06. The molecule has 74 valence electrons. The number of hydrogen-bond acceptors (Lipinski definition) is 2. The molecule has 4 nitrogen and oxygen atoms in total. The Balaban J connectivity index is -0.000000405. The summed E-state index contributed by atoms with van der Waals surface area (Å²) >= 11 is 0. The van der Waals surface area contributed by atoms with Crippen molar-refractivity contribution in [2.45, 2.75) is 25.7 Å². The molecule has 0 amide bonds. The van der Waals surface area contributed by atoms with Gasteiger partial charge in [0.05, 0.1) is 0 Å². The van der Waals surface area contributed by atoms with Gasteiger partial charge in [-0.3, -0.25) is 9.59 Å². The zero-order chi connectivity index (χ0) is 7.98. The van der Waals surface area contributed by atoms with Crippen LogP contribution in [-0.4, -0.2) is 56.3 Å². The van der Waals surface area contributed by atoms with E-state index in [1.165, 1.54) is 0 Å². The third-order valence-electron chi connectivity index (χ3n) is 1.03. The molecule has 0 aliphatic rings. The van der Waals surface area contributed by atoms with Crippen LogP contribution < -0.4 is 0 Å². The fourth-order valence-electron chi connectivity index (χ4n) is 0.552. The molecule has 12 heavy (non-hydrogen) atoms. The fourth-order valence-corrected chi connectivity index (χ4v) is 0.552. The van der Waals surface area contributed by atoms with Crippen molar-refractivity contribution in [3.05, 3.63) is 0 Å². The SMILES string of the molecule is O=C(O)CCCCC(=O)O.[SeH2].[SeH2]. The molecule has 0 saturated heterocycles. The van der Waals surface area contributed by atoms with Crippen LogP contribution in [0.15, 0.2) is 0 Å². The summed E-state index contributed by atoms with van der Waals surface area (Å²) in [5.74, 6) is -1.74. The van der Waals surface area contributed by atoms with Gasteiger partial charge in [0.2, 0.25) is 0 Å². The standard InChI is InChI=1S/C6H10O4.2H2Se/c7-5(8)3-1-2-4-6(9)10;;/h1-4H2,(H,7,8)(H,9,10);2*1H2. The molecule has 0 bridgehead atoms. The van der Waals surface area contributed by atoms with Crippen LogP contribution in [0.2, 0.25) is 0 Å². The Morgan fingerprint density at radius 1 is 0.833 bits per heavy atom. The molecule has 0 aliphatic heterocycles. The van der Waals surface area contributed by atoms with Crippen molar-refractivity contribution in [1.82, 2.24) is 0 Å². The Morgan fingerprint density at radius 3 is 1.25 bits per heavy atom. The van der Waals surface area contributed by atoms with Crippen molar-refractivity contribution in [2.24, 2.45) is 0 Å². The number of carboxylic acids is 2. The van der Waals surface area contributed by atoms with Crippen LogP contribution in [0, 0.1) is 0 Å². The molecule has 0 aromatic carbocycles. The number of carbonyl (C=O) groups is 2. The molecule has 0 radical (unpaired) electrons. The van der Waals surface area contributed by atoms with Gasteiger partial charge in [-0.15, -0.1) is 0 Å². The summed E-state index contributed by atoms with van der Waals surface area (Å²) in [4.78, 5) is 19.8. The normalized spacial score (nSPS) is 7.67. The number of unbranched alkanes of at least 4 members (excludes halogenated alkanes) is 1. The second-order valence-electron chi connectivity index (χ2n) is 1.99. The van der Waals surface area contributed by atoms with Gasteiger partial charge in [0.15, 0.2) is 0 Å². The van der Waals surface area contributed by atoms with Gasteiger partial charge in [0.25, 0.3) is 0 Å². The summed E-state index contributed by atoms with van der Waals surface area (Å²) in [6, 6.07) is 0. The molecule has 0 heterocycles. The molecule has 0 rings (SSSR count). The van der Waals surface area contributed by atoms with Crippen molar-refractivity contribution in [3.8, 4) is 0 Å². The molecule has 6 heteroatoms. The van der Waals surface area contributed by atoms with Crippen LogP contribution in [0.3, 0.4) is 0 Å². The summed E-state index contributed by atoms with van der Waals surface area (Å²) in [5, 5.41) is 16.3. The van der Waals surface area contributed by atoms with E-state index in [2.05, 4.69) is 0 Å². The van der Waals surface area contributed by atoms with Gasteiger partial charge in [0, 0.05) is 12.8 Å². The topological polar surface area (TPSA) is 74.6 Å². The number of aliphatic carboxylic acids is 2. The first kappa shape index (κ1) is 17.9. The van der Waals surface area contributed by atoms with E-state index in [9.17, 15) is 9.59 Å². The number of rotatable bonds is 5. The Hall–Kier alpha value is -0.0210. The molecule has 0 spiro atoms. The van der Waals surface area contributed by atoms with Gasteiger partial charge in [-0.1, -0.05) is 0 Å². The van der Waals surface area contributed by atoms with E-state index in [0.29, 0.717) is 12.8 Å². The van der Waals surface area contributed by atoms with E-state index < -0.39 is 11.9 Å². The summed E-state index contributed by atoms with van der Waals surface area (Å²) in [5.41, 5.74) is 0. The summed E-state index contributed by atoms with van der Waals surface area (Å²) in [6.45, 7) is 0. The van der Waals surface area contributed by atoms with Crippen LogP contribution >= 0.6 is 0 Å². The van der Waals surface area contributed by atoms with E-state index >= 15 is 0 Å². The minimum atomic E-state index is -0.870. The van der Waals surface area contributed by atoms with Crippen LogP contribution in [0.25, 0.3) is 0 Å². The van der Waals surface area contributed by atoms with Gasteiger partial charge in [-0.05, 0) is 12.8 Å². The molecule has 0 atom stereocenters. The second-order valence-corrected chi connectivity index (χ2v) is 1.99. The van der Waals surface area contributed by atoms with Crippen molar-refractivity contribution >= 4 is 46.1 Å². The molecule has 0 saturated carbocycles. The van der Waals surface area contributed by atoms with Gasteiger partial charge in [-0.2, -0.15) is 0 Å². The summed E-state index contributed by atoms with van der Waals surface area (Å²) in [6.07, 6.45) is 1.02. The molecule has 0 aromatic heterocycles. The molecule has 0 unspecified atom stereocenters. The predicted molar refractivity (Wildman–Crippen MR) is 50.8 cm³/mol. The Labute approximate surface area is 91.7 Å². The Morgan fingerprint density at radius 2 is 1.08 bits per heavy atom. The number of carboxylic acid groups (broad SMARTS) is 2. The van der Waals surface area contributed by atoms with Crippen LogP contribution in [0.4, 0.5) is 0 Å². The Kier molecular flexibility index (Phi) is 16.4. The minimum absolute atomic E-state index is 0. The third kappa shape index (κ3) is 16.5. The average Bonchev–Trinajstić information content (AvgIpc) is 1.79. The van der Waals surface area contributed by atoms with Crippen molar-refractivity contribution in [1.29, 1.82) is 0 Å². The molecular weight excluding hydrogens is 294 g/mol. The summed E-state index contributed by atoms with van der Waals surface area (Å²) < 4.78 is 0. The predicted octanol–water partition coefficient (Wildman–Crippen LogP) is -1.12. The van der Waals surface area contributed by atoms with Gasteiger partial charge >= 0.3 is 46.1 Å². The average molecular weight is 308 g/mol. The van der Waals surface area contributed by atoms with Crippen LogP contribution in [0.1, 0.15) is 25.7 Å². The van der Waals surface area contributed by atoms with Gasteiger partial charge < -0.3 is 10.2 Å². The maximum atomic E-state index is 9.90. The molecule has 2 N–H and O–H groups in total. The van der Waals surface area contributed by atoms with Crippen LogP contribution in [0.5, 0.6) is 0 Å². The zero-order valence-corrected chi connectivity index (χ0v) is 10.7. The zero-order valence-electron chi connectivity index (χ0n) is 6.54. The van der Waals surface area contributed by atoms with Crippen molar-refractivity contribution in [2.75, 3.05) is 0 Å². The maximum absolute atomic E-state index is 9.90. The fraction of sp³-hybridized carbons (Fsp3) is 0.667. The molecule has 0 fully saturated rings. The quantitative estimate of drug-likeness (QED) is 0.499. The first-order chi connectivity index (χ1) is 4.63. The second kappa shape index (κ2) is 11.0. The molecular formula is C6H14O4Se2. The third-order valence-corrected chi connectivity index (χ3v) is 1.03. The van der Waals surface area contributed by atoms with E-state index in [-0.39, 0.29) is 47.0 Å². The Bertz CT molecular complexity index is 122. The molecule has 0 aliphatic carbocycles. The van der Waals surface area contributed by atoms with Gasteiger partial charge in [0.1, 0.15) is 0 Å². The molecule has 0 aromatic rings. The van der Waals surface area contributed by atoms with E-state index in [4.69, 9.17) is 10.2 Å². The van der Waals surface area contributed by atoms with Crippen molar-refractivity contribution in [3.63, 3.8) is 0 Å². The van der Waals surface area contributed by atoms with E-state index in [1.807, 2.05) is 0 Å². The van der Waals surface area contributed by atoms with E-state index in [1.54, 1.807) is 0 Å². The summed E-state index contributed by atoms with van der Waals surface area (Å²) in [7, 11) is 0.